The molecule has 1 atom stereocenters. The van der Waals surface area contributed by atoms with Crippen LogP contribution in [0.25, 0.3) is 0 Å². The Bertz CT molecular complexity index is 395. The van der Waals surface area contributed by atoms with Crippen molar-refractivity contribution >= 4 is 12.0 Å². The van der Waals surface area contributed by atoms with E-state index in [0.29, 0.717) is 13.0 Å². The van der Waals surface area contributed by atoms with Gasteiger partial charge in [0.1, 0.15) is 0 Å². The molecule has 0 spiro atoms. The second-order valence-corrected chi connectivity index (χ2v) is 3.99. The maximum absolute atomic E-state index is 11.3. The first-order valence-corrected chi connectivity index (χ1v) is 5.73. The molecule has 0 aromatic carbocycles. The van der Waals surface area contributed by atoms with E-state index in [2.05, 4.69) is 15.6 Å². The van der Waals surface area contributed by atoms with Crippen LogP contribution in [0.1, 0.15) is 12.5 Å². The van der Waals surface area contributed by atoms with E-state index in [4.69, 9.17) is 5.11 Å². The van der Waals surface area contributed by atoms with E-state index in [1.807, 2.05) is 12.1 Å². The number of carbonyl (C=O) groups is 2. The van der Waals surface area contributed by atoms with Gasteiger partial charge in [-0.2, -0.15) is 0 Å². The van der Waals surface area contributed by atoms with Gasteiger partial charge in [-0.05, 0) is 18.1 Å². The van der Waals surface area contributed by atoms with Gasteiger partial charge in [0.25, 0.3) is 0 Å². The third-order valence-electron chi connectivity index (χ3n) is 2.41. The van der Waals surface area contributed by atoms with Crippen molar-refractivity contribution < 1.29 is 14.7 Å². The topological polar surface area (TPSA) is 91.3 Å². The Kier molecular flexibility index (Phi) is 5.63. The van der Waals surface area contributed by atoms with Crippen molar-refractivity contribution in [3.8, 4) is 0 Å². The zero-order valence-corrected chi connectivity index (χ0v) is 10.2. The number of hydrogen-bond acceptors (Lipinski definition) is 3. The monoisotopic (exact) mass is 251 g/mol. The highest BCUT2D eigenvalue weighted by Crippen LogP contribution is 1.95. The predicted octanol–water partition coefficient (Wildman–Crippen LogP) is 0.644. The van der Waals surface area contributed by atoms with Gasteiger partial charge in [0.2, 0.25) is 0 Å². The van der Waals surface area contributed by atoms with Crippen LogP contribution >= 0.6 is 0 Å². The lowest BCUT2D eigenvalue weighted by atomic mass is 10.2. The van der Waals surface area contributed by atoms with Crippen molar-refractivity contribution in [1.29, 1.82) is 0 Å². The third kappa shape index (κ3) is 5.29. The summed E-state index contributed by atoms with van der Waals surface area (Å²) < 4.78 is 0. The summed E-state index contributed by atoms with van der Waals surface area (Å²) in [5, 5.41) is 13.8. The molecule has 0 aliphatic heterocycles. The second-order valence-electron chi connectivity index (χ2n) is 3.99. The lowest BCUT2D eigenvalue weighted by Crippen LogP contribution is -2.40. The summed E-state index contributed by atoms with van der Waals surface area (Å²) in [7, 11) is 0. The summed E-state index contributed by atoms with van der Waals surface area (Å²) in [6, 6.07) is 3.41. The van der Waals surface area contributed by atoms with Gasteiger partial charge >= 0.3 is 12.0 Å². The number of rotatable bonds is 6. The molecule has 6 nitrogen and oxygen atoms in total. The molecule has 0 saturated heterocycles. The van der Waals surface area contributed by atoms with Crippen molar-refractivity contribution in [1.82, 2.24) is 15.6 Å². The maximum atomic E-state index is 11.3. The fourth-order valence-electron chi connectivity index (χ4n) is 1.26. The molecular formula is C12H17N3O3. The van der Waals surface area contributed by atoms with Crippen molar-refractivity contribution in [3.05, 3.63) is 30.1 Å². The first kappa shape index (κ1) is 14.0. The summed E-state index contributed by atoms with van der Waals surface area (Å²) in [6.07, 6.45) is 4.12. The molecule has 1 unspecified atom stereocenters. The van der Waals surface area contributed by atoms with Crippen LogP contribution in [0.5, 0.6) is 0 Å². The SMILES string of the molecule is CC(CNC(=O)NCCc1cccnc1)C(=O)O. The van der Waals surface area contributed by atoms with E-state index in [0.717, 1.165) is 5.56 Å². The smallest absolute Gasteiger partial charge is 0.314 e. The van der Waals surface area contributed by atoms with Gasteiger partial charge in [0.15, 0.2) is 0 Å². The van der Waals surface area contributed by atoms with E-state index < -0.39 is 11.9 Å². The number of pyridine rings is 1. The number of hydrogen-bond donors (Lipinski definition) is 3. The molecule has 0 bridgehead atoms. The molecule has 0 aliphatic carbocycles. The lowest BCUT2D eigenvalue weighted by molar-refractivity contribution is -0.140. The van der Waals surface area contributed by atoms with Crippen molar-refractivity contribution in [2.24, 2.45) is 5.92 Å². The fourth-order valence-corrected chi connectivity index (χ4v) is 1.26. The minimum absolute atomic E-state index is 0.119. The van der Waals surface area contributed by atoms with Gasteiger partial charge in [-0.3, -0.25) is 9.78 Å². The minimum atomic E-state index is -0.925. The first-order valence-electron chi connectivity index (χ1n) is 5.73. The number of carbonyl (C=O) groups excluding carboxylic acids is 1. The van der Waals surface area contributed by atoms with Gasteiger partial charge < -0.3 is 15.7 Å². The molecule has 6 heteroatoms. The molecule has 0 fully saturated rings. The number of aromatic nitrogens is 1. The quantitative estimate of drug-likeness (QED) is 0.692. The summed E-state index contributed by atoms with van der Waals surface area (Å²) >= 11 is 0. The van der Waals surface area contributed by atoms with Crippen molar-refractivity contribution in [2.75, 3.05) is 13.1 Å². The number of nitrogens with zero attached hydrogens (tertiary/aromatic N) is 1. The molecule has 98 valence electrons. The third-order valence-corrected chi connectivity index (χ3v) is 2.41. The highest BCUT2D eigenvalue weighted by molar-refractivity contribution is 5.75. The zero-order valence-electron chi connectivity index (χ0n) is 10.2. The molecule has 0 radical (unpaired) electrons. The van der Waals surface area contributed by atoms with Gasteiger partial charge in [0.05, 0.1) is 5.92 Å². The Morgan fingerprint density at radius 2 is 2.22 bits per heavy atom. The van der Waals surface area contributed by atoms with E-state index in [-0.39, 0.29) is 12.6 Å². The second kappa shape index (κ2) is 7.26. The number of aliphatic carboxylic acids is 1. The number of amides is 2. The van der Waals surface area contributed by atoms with Crippen molar-refractivity contribution in [3.63, 3.8) is 0 Å². The molecule has 1 aromatic heterocycles. The molecular weight excluding hydrogens is 234 g/mol. The maximum Gasteiger partial charge on any atom is 0.314 e. The zero-order chi connectivity index (χ0) is 13.4. The highest BCUT2D eigenvalue weighted by atomic mass is 16.4. The normalized spacial score (nSPS) is 11.6. The molecule has 2 amide bonds. The Balaban J connectivity index is 2.16. The van der Waals surface area contributed by atoms with Crippen LogP contribution in [0.3, 0.4) is 0 Å². The van der Waals surface area contributed by atoms with E-state index in [9.17, 15) is 9.59 Å². The Morgan fingerprint density at radius 1 is 1.44 bits per heavy atom. The summed E-state index contributed by atoms with van der Waals surface area (Å²) in [6.45, 7) is 2.14. The van der Waals surface area contributed by atoms with Gasteiger partial charge in [0, 0.05) is 25.5 Å². The van der Waals surface area contributed by atoms with Gasteiger partial charge in [-0.1, -0.05) is 13.0 Å². The fraction of sp³-hybridized carbons (Fsp3) is 0.417. The standard InChI is InChI=1S/C12H17N3O3/c1-9(11(16)17)7-15-12(18)14-6-4-10-3-2-5-13-8-10/h2-3,5,8-9H,4,6-7H2,1H3,(H,16,17)(H2,14,15,18). The van der Waals surface area contributed by atoms with Crippen LogP contribution < -0.4 is 10.6 Å². The molecule has 0 aliphatic rings. The largest absolute Gasteiger partial charge is 0.481 e. The molecule has 1 heterocycles. The molecule has 1 aromatic rings. The molecule has 0 saturated carbocycles. The minimum Gasteiger partial charge on any atom is -0.481 e. The molecule has 1 rings (SSSR count). The van der Waals surface area contributed by atoms with E-state index >= 15 is 0 Å². The van der Waals surface area contributed by atoms with Crippen LogP contribution in [0.4, 0.5) is 4.79 Å². The van der Waals surface area contributed by atoms with E-state index in [1.165, 1.54) is 6.92 Å². The van der Waals surface area contributed by atoms with E-state index in [1.54, 1.807) is 12.4 Å². The predicted molar refractivity (Wildman–Crippen MR) is 66.1 cm³/mol. The Hall–Kier alpha value is -2.11. The Morgan fingerprint density at radius 3 is 2.83 bits per heavy atom. The molecule has 18 heavy (non-hydrogen) atoms. The van der Waals surface area contributed by atoms with Crippen LogP contribution in [-0.4, -0.2) is 35.2 Å². The van der Waals surface area contributed by atoms with Crippen molar-refractivity contribution in [2.45, 2.75) is 13.3 Å². The number of nitrogens with one attached hydrogen (secondary N) is 2. The van der Waals surface area contributed by atoms with Crippen LogP contribution in [0.15, 0.2) is 24.5 Å². The van der Waals surface area contributed by atoms with Crippen LogP contribution in [0, 0.1) is 5.92 Å². The molecule has 3 N–H and O–H groups in total. The summed E-state index contributed by atoms with van der Waals surface area (Å²) in [4.78, 5) is 25.8. The number of carboxylic acids is 1. The van der Waals surface area contributed by atoms with Crippen LogP contribution in [-0.2, 0) is 11.2 Å². The summed E-state index contributed by atoms with van der Waals surface area (Å²) in [5.41, 5.74) is 1.04. The Labute approximate surface area is 105 Å². The highest BCUT2D eigenvalue weighted by Gasteiger charge is 2.11. The lowest BCUT2D eigenvalue weighted by Gasteiger charge is -2.09. The van der Waals surface area contributed by atoms with Crippen LogP contribution in [0.2, 0.25) is 0 Å². The van der Waals surface area contributed by atoms with Gasteiger partial charge in [-0.15, -0.1) is 0 Å². The number of carboxylic acid groups (broad SMARTS) is 1. The van der Waals surface area contributed by atoms with Gasteiger partial charge in [-0.25, -0.2) is 4.79 Å². The first-order chi connectivity index (χ1) is 8.59. The average Bonchev–Trinajstić information content (AvgIpc) is 2.37. The average molecular weight is 251 g/mol. The number of urea groups is 1. The summed E-state index contributed by atoms with van der Waals surface area (Å²) in [5.74, 6) is -1.51.